The van der Waals surface area contributed by atoms with Crippen molar-refractivity contribution in [3.63, 3.8) is 0 Å². The highest BCUT2D eigenvalue weighted by Crippen LogP contribution is 2.25. The Bertz CT molecular complexity index is 810. The van der Waals surface area contributed by atoms with E-state index in [0.717, 1.165) is 43.2 Å². The number of nitrogens with zero attached hydrogens (tertiary/aromatic N) is 3. The Labute approximate surface area is 161 Å². The molecule has 2 heterocycles. The molecule has 4 nitrogen and oxygen atoms in total. The molecule has 0 aliphatic carbocycles. The van der Waals surface area contributed by atoms with Crippen molar-refractivity contribution in [3.8, 4) is 11.3 Å². The molecule has 4 heteroatoms. The Morgan fingerprint density at radius 3 is 2.37 bits per heavy atom. The summed E-state index contributed by atoms with van der Waals surface area (Å²) in [6.07, 6.45) is 3.82. The van der Waals surface area contributed by atoms with Crippen molar-refractivity contribution in [1.82, 2.24) is 10.1 Å². The molecular weight excluding hydrogens is 334 g/mol. The summed E-state index contributed by atoms with van der Waals surface area (Å²) in [5.74, 6) is 0.846. The highest BCUT2D eigenvalue weighted by atomic mass is 16.5. The molecule has 0 bridgehead atoms. The summed E-state index contributed by atoms with van der Waals surface area (Å²) in [5, 5.41) is 4.31. The van der Waals surface area contributed by atoms with Crippen molar-refractivity contribution >= 4 is 5.88 Å². The van der Waals surface area contributed by atoms with E-state index in [1.807, 2.05) is 18.2 Å². The summed E-state index contributed by atoms with van der Waals surface area (Å²) in [6, 6.07) is 22.9. The largest absolute Gasteiger partial charge is 0.338 e. The van der Waals surface area contributed by atoms with Crippen LogP contribution in [0.4, 0.5) is 5.88 Å². The second kappa shape index (κ2) is 8.87. The van der Waals surface area contributed by atoms with Gasteiger partial charge in [-0.25, -0.2) is 0 Å². The first-order valence-electron chi connectivity index (χ1n) is 9.92. The van der Waals surface area contributed by atoms with E-state index >= 15 is 0 Å². The van der Waals surface area contributed by atoms with Crippen LogP contribution < -0.4 is 4.90 Å². The van der Waals surface area contributed by atoms with E-state index in [-0.39, 0.29) is 0 Å². The van der Waals surface area contributed by atoms with Crippen molar-refractivity contribution in [2.24, 2.45) is 0 Å². The van der Waals surface area contributed by atoms with E-state index in [2.05, 4.69) is 63.5 Å². The SMILES string of the molecule is c1ccc(CN(CCCN2CCCC2)c2cc(-c3ccccc3)no2)cc1. The molecule has 1 fully saturated rings. The molecule has 0 unspecified atom stereocenters. The first kappa shape index (κ1) is 17.8. The van der Waals surface area contributed by atoms with Crippen LogP contribution in [0.15, 0.2) is 71.3 Å². The first-order valence-corrected chi connectivity index (χ1v) is 9.92. The van der Waals surface area contributed by atoms with Crippen molar-refractivity contribution in [3.05, 3.63) is 72.3 Å². The summed E-state index contributed by atoms with van der Waals surface area (Å²) >= 11 is 0. The zero-order valence-electron chi connectivity index (χ0n) is 15.8. The molecule has 140 valence electrons. The number of hydrogen-bond donors (Lipinski definition) is 0. The number of aromatic nitrogens is 1. The molecule has 0 spiro atoms. The Morgan fingerprint density at radius 1 is 0.926 bits per heavy atom. The van der Waals surface area contributed by atoms with E-state index in [1.54, 1.807) is 0 Å². The Hall–Kier alpha value is -2.59. The van der Waals surface area contributed by atoms with E-state index < -0.39 is 0 Å². The molecule has 0 atom stereocenters. The van der Waals surface area contributed by atoms with Crippen LogP contribution >= 0.6 is 0 Å². The van der Waals surface area contributed by atoms with Gasteiger partial charge in [-0.1, -0.05) is 65.8 Å². The number of rotatable bonds is 8. The predicted molar refractivity (Wildman–Crippen MR) is 110 cm³/mol. The number of hydrogen-bond acceptors (Lipinski definition) is 4. The van der Waals surface area contributed by atoms with E-state index in [4.69, 9.17) is 4.52 Å². The standard InChI is InChI=1S/C23H27N3O/c1-3-10-20(11-4-1)19-26(17-9-16-25-14-7-8-15-25)23-18-22(24-27-23)21-12-5-2-6-13-21/h1-6,10-13,18H,7-9,14-17,19H2. The van der Waals surface area contributed by atoms with Crippen LogP contribution in [0.1, 0.15) is 24.8 Å². The maximum absolute atomic E-state index is 5.74. The van der Waals surface area contributed by atoms with Crippen LogP contribution in [0.2, 0.25) is 0 Å². The zero-order chi connectivity index (χ0) is 18.3. The van der Waals surface area contributed by atoms with Crippen LogP contribution in [0, 0.1) is 0 Å². The van der Waals surface area contributed by atoms with Gasteiger partial charge in [0.15, 0.2) is 0 Å². The van der Waals surface area contributed by atoms with Gasteiger partial charge in [-0.05, 0) is 44.5 Å². The highest BCUT2D eigenvalue weighted by molar-refractivity contribution is 5.61. The Kier molecular flexibility index (Phi) is 5.85. The average Bonchev–Trinajstić information content (AvgIpc) is 3.41. The minimum absolute atomic E-state index is 0.838. The maximum atomic E-state index is 5.74. The lowest BCUT2D eigenvalue weighted by molar-refractivity contribution is 0.332. The lowest BCUT2D eigenvalue weighted by Gasteiger charge is -2.23. The van der Waals surface area contributed by atoms with Gasteiger partial charge in [-0.2, -0.15) is 0 Å². The predicted octanol–water partition coefficient (Wildman–Crippen LogP) is 4.83. The summed E-state index contributed by atoms with van der Waals surface area (Å²) in [6.45, 7) is 5.46. The number of benzene rings is 2. The third kappa shape index (κ3) is 4.77. The third-order valence-electron chi connectivity index (χ3n) is 5.20. The maximum Gasteiger partial charge on any atom is 0.228 e. The number of anilines is 1. The van der Waals surface area contributed by atoms with Gasteiger partial charge in [0.1, 0.15) is 5.69 Å². The van der Waals surface area contributed by atoms with Gasteiger partial charge in [0, 0.05) is 24.7 Å². The second-order valence-electron chi connectivity index (χ2n) is 7.23. The van der Waals surface area contributed by atoms with Crippen molar-refractivity contribution in [2.45, 2.75) is 25.8 Å². The van der Waals surface area contributed by atoms with Gasteiger partial charge >= 0.3 is 0 Å². The fourth-order valence-corrected chi connectivity index (χ4v) is 3.72. The normalized spacial score (nSPS) is 14.5. The average molecular weight is 361 g/mol. The fraction of sp³-hybridized carbons (Fsp3) is 0.348. The molecule has 0 N–H and O–H groups in total. The summed E-state index contributed by atoms with van der Waals surface area (Å²) < 4.78 is 5.74. The van der Waals surface area contributed by atoms with Crippen LogP contribution in [0.3, 0.4) is 0 Å². The minimum Gasteiger partial charge on any atom is -0.338 e. The van der Waals surface area contributed by atoms with Crippen molar-refractivity contribution < 1.29 is 4.52 Å². The number of likely N-dealkylation sites (tertiary alicyclic amines) is 1. The second-order valence-corrected chi connectivity index (χ2v) is 7.23. The van der Waals surface area contributed by atoms with Gasteiger partial charge in [-0.15, -0.1) is 0 Å². The quantitative estimate of drug-likeness (QED) is 0.575. The Morgan fingerprint density at radius 2 is 1.63 bits per heavy atom. The van der Waals surface area contributed by atoms with Gasteiger partial charge in [0.2, 0.25) is 5.88 Å². The molecule has 0 amide bonds. The molecule has 1 saturated heterocycles. The van der Waals surface area contributed by atoms with E-state index in [1.165, 1.54) is 31.5 Å². The van der Waals surface area contributed by atoms with Gasteiger partial charge in [0.25, 0.3) is 0 Å². The van der Waals surface area contributed by atoms with E-state index in [9.17, 15) is 0 Å². The molecule has 1 aromatic heterocycles. The first-order chi connectivity index (χ1) is 13.4. The lowest BCUT2D eigenvalue weighted by atomic mass is 10.1. The molecular formula is C23H27N3O. The third-order valence-corrected chi connectivity index (χ3v) is 5.20. The molecule has 0 saturated carbocycles. The minimum atomic E-state index is 0.838. The molecule has 3 aromatic rings. The summed E-state index contributed by atoms with van der Waals surface area (Å²) in [7, 11) is 0. The van der Waals surface area contributed by atoms with Crippen molar-refractivity contribution in [1.29, 1.82) is 0 Å². The molecule has 0 radical (unpaired) electrons. The molecule has 2 aromatic carbocycles. The summed E-state index contributed by atoms with van der Waals surface area (Å²) in [5.41, 5.74) is 3.27. The molecule has 27 heavy (non-hydrogen) atoms. The van der Waals surface area contributed by atoms with Crippen LogP contribution in [0.5, 0.6) is 0 Å². The lowest BCUT2D eigenvalue weighted by Crippen LogP contribution is -2.28. The molecule has 4 rings (SSSR count). The van der Waals surface area contributed by atoms with Crippen molar-refractivity contribution in [2.75, 3.05) is 31.1 Å². The van der Waals surface area contributed by atoms with E-state index in [0.29, 0.717) is 0 Å². The molecule has 1 aliphatic rings. The monoisotopic (exact) mass is 361 g/mol. The van der Waals surface area contributed by atoms with Crippen LogP contribution in [-0.2, 0) is 6.54 Å². The van der Waals surface area contributed by atoms with Crippen LogP contribution in [-0.4, -0.2) is 36.2 Å². The van der Waals surface area contributed by atoms with Crippen LogP contribution in [0.25, 0.3) is 11.3 Å². The highest BCUT2D eigenvalue weighted by Gasteiger charge is 2.16. The summed E-state index contributed by atoms with van der Waals surface area (Å²) in [4.78, 5) is 4.88. The molecule has 1 aliphatic heterocycles. The van der Waals surface area contributed by atoms with Gasteiger partial charge in [0.05, 0.1) is 0 Å². The zero-order valence-corrected chi connectivity index (χ0v) is 15.8. The smallest absolute Gasteiger partial charge is 0.228 e. The van der Waals surface area contributed by atoms with Gasteiger partial charge in [-0.3, -0.25) is 0 Å². The fourth-order valence-electron chi connectivity index (χ4n) is 3.72. The Balaban J connectivity index is 1.47. The van der Waals surface area contributed by atoms with Gasteiger partial charge < -0.3 is 14.3 Å². The topological polar surface area (TPSA) is 32.5 Å².